The predicted octanol–water partition coefficient (Wildman–Crippen LogP) is 3.38. The monoisotopic (exact) mass is 300 g/mol. The number of hydrogen-bond acceptors (Lipinski definition) is 2. The number of nitrogens with one attached hydrogen (secondary N) is 1. The Morgan fingerprint density at radius 3 is 2.19 bits per heavy atom. The maximum Gasteiger partial charge on any atom is 0.0406 e. The fourth-order valence-corrected chi connectivity index (χ4v) is 3.06. The highest BCUT2D eigenvalue weighted by atomic mass is 35.5. The Kier molecular flexibility index (Phi) is 4.91. The Morgan fingerprint density at radius 1 is 0.905 bits per heavy atom. The third-order valence-electron chi connectivity index (χ3n) is 4.12. The smallest absolute Gasteiger partial charge is 0.0406 e. The summed E-state index contributed by atoms with van der Waals surface area (Å²) in [4.78, 5) is 2.54. The van der Waals surface area contributed by atoms with Crippen molar-refractivity contribution in [2.45, 2.75) is 5.92 Å². The van der Waals surface area contributed by atoms with Gasteiger partial charge >= 0.3 is 0 Å². The molecule has 21 heavy (non-hydrogen) atoms. The molecule has 2 aromatic rings. The summed E-state index contributed by atoms with van der Waals surface area (Å²) in [5.74, 6) is 0.404. The van der Waals surface area contributed by atoms with E-state index in [1.165, 1.54) is 11.1 Å². The number of benzene rings is 2. The molecule has 0 bridgehead atoms. The molecule has 3 heteroatoms. The lowest BCUT2D eigenvalue weighted by molar-refractivity contribution is 0.234. The molecule has 0 saturated carbocycles. The molecule has 1 heterocycles. The van der Waals surface area contributed by atoms with Crippen LogP contribution in [-0.2, 0) is 0 Å². The van der Waals surface area contributed by atoms with Gasteiger partial charge in [0.15, 0.2) is 0 Å². The molecular weight excluding hydrogens is 280 g/mol. The van der Waals surface area contributed by atoms with Crippen molar-refractivity contribution in [2.24, 2.45) is 0 Å². The van der Waals surface area contributed by atoms with Gasteiger partial charge in [0, 0.05) is 43.7 Å². The lowest BCUT2D eigenvalue weighted by atomic mass is 9.90. The van der Waals surface area contributed by atoms with E-state index >= 15 is 0 Å². The van der Waals surface area contributed by atoms with Crippen molar-refractivity contribution in [3.8, 4) is 0 Å². The molecule has 0 radical (unpaired) electrons. The minimum Gasteiger partial charge on any atom is -0.314 e. The van der Waals surface area contributed by atoms with E-state index in [1.54, 1.807) is 0 Å². The van der Waals surface area contributed by atoms with Crippen LogP contribution < -0.4 is 5.32 Å². The minimum absolute atomic E-state index is 0.404. The maximum absolute atomic E-state index is 6.04. The normalized spacial score (nSPS) is 17.6. The second-order valence-electron chi connectivity index (χ2n) is 5.57. The third kappa shape index (κ3) is 3.85. The van der Waals surface area contributed by atoms with Gasteiger partial charge < -0.3 is 5.32 Å². The molecule has 1 saturated heterocycles. The predicted molar refractivity (Wildman–Crippen MR) is 89.0 cm³/mol. The van der Waals surface area contributed by atoms with E-state index in [0.29, 0.717) is 5.92 Å². The first-order valence-electron chi connectivity index (χ1n) is 7.56. The Morgan fingerprint density at radius 2 is 1.52 bits per heavy atom. The molecule has 0 spiro atoms. The van der Waals surface area contributed by atoms with Gasteiger partial charge in [-0.25, -0.2) is 0 Å². The van der Waals surface area contributed by atoms with Crippen molar-refractivity contribution < 1.29 is 0 Å². The van der Waals surface area contributed by atoms with Crippen molar-refractivity contribution >= 4 is 11.6 Å². The molecule has 2 nitrogen and oxygen atoms in total. The first-order chi connectivity index (χ1) is 10.3. The number of halogens is 1. The van der Waals surface area contributed by atoms with Gasteiger partial charge in [-0.2, -0.15) is 0 Å². The highest BCUT2D eigenvalue weighted by Gasteiger charge is 2.19. The van der Waals surface area contributed by atoms with E-state index < -0.39 is 0 Å². The van der Waals surface area contributed by atoms with Crippen molar-refractivity contribution in [1.82, 2.24) is 10.2 Å². The van der Waals surface area contributed by atoms with E-state index in [1.807, 2.05) is 12.1 Å². The third-order valence-corrected chi connectivity index (χ3v) is 4.38. The average Bonchev–Trinajstić information content (AvgIpc) is 2.55. The topological polar surface area (TPSA) is 15.3 Å². The van der Waals surface area contributed by atoms with Gasteiger partial charge in [-0.15, -0.1) is 0 Å². The van der Waals surface area contributed by atoms with Crippen molar-refractivity contribution in [2.75, 3.05) is 32.7 Å². The van der Waals surface area contributed by atoms with Crippen LogP contribution in [0.5, 0.6) is 0 Å². The molecule has 0 amide bonds. The van der Waals surface area contributed by atoms with E-state index in [4.69, 9.17) is 11.6 Å². The van der Waals surface area contributed by atoms with Crippen LogP contribution in [0.2, 0.25) is 5.02 Å². The van der Waals surface area contributed by atoms with Gasteiger partial charge in [0.2, 0.25) is 0 Å². The van der Waals surface area contributed by atoms with Crippen LogP contribution >= 0.6 is 11.6 Å². The molecule has 1 aliphatic rings. The quantitative estimate of drug-likeness (QED) is 0.931. The Bertz CT molecular complexity index is 547. The average molecular weight is 301 g/mol. The summed E-state index contributed by atoms with van der Waals surface area (Å²) in [6.45, 7) is 5.48. The highest BCUT2D eigenvalue weighted by Crippen LogP contribution is 2.27. The van der Waals surface area contributed by atoms with Crippen molar-refractivity contribution in [1.29, 1.82) is 0 Å². The number of piperazine rings is 1. The lowest BCUT2D eigenvalue weighted by Crippen LogP contribution is -2.45. The summed E-state index contributed by atoms with van der Waals surface area (Å²) in [5.41, 5.74) is 2.71. The van der Waals surface area contributed by atoms with Gasteiger partial charge in [-0.1, -0.05) is 54.1 Å². The van der Waals surface area contributed by atoms with Crippen LogP contribution in [-0.4, -0.2) is 37.6 Å². The fraction of sp³-hybridized carbons (Fsp3) is 0.333. The Labute approximate surface area is 131 Å². The largest absolute Gasteiger partial charge is 0.314 e. The molecule has 1 atom stereocenters. The molecule has 3 rings (SSSR count). The summed E-state index contributed by atoms with van der Waals surface area (Å²) in [6, 6.07) is 19.1. The fourth-order valence-electron chi connectivity index (χ4n) is 2.94. The zero-order chi connectivity index (χ0) is 14.5. The second kappa shape index (κ2) is 7.08. The molecule has 0 aromatic heterocycles. The molecular formula is C18H21ClN2. The molecule has 110 valence electrons. The van der Waals surface area contributed by atoms with Crippen LogP contribution in [0, 0.1) is 0 Å². The molecule has 2 aromatic carbocycles. The molecule has 1 unspecified atom stereocenters. The SMILES string of the molecule is Clc1ccc(C(CN2CCNCC2)c2ccccc2)cc1. The van der Waals surface area contributed by atoms with Gasteiger partial charge in [-0.3, -0.25) is 4.90 Å². The van der Waals surface area contributed by atoms with Crippen LogP contribution in [0.15, 0.2) is 54.6 Å². The van der Waals surface area contributed by atoms with E-state index in [9.17, 15) is 0 Å². The van der Waals surface area contributed by atoms with Crippen LogP contribution in [0.1, 0.15) is 17.0 Å². The standard InChI is InChI=1S/C18H21ClN2/c19-17-8-6-16(7-9-17)18(15-4-2-1-3-5-15)14-21-12-10-20-11-13-21/h1-9,18,20H,10-14H2. The summed E-state index contributed by atoms with van der Waals surface area (Å²) in [5, 5.41) is 4.21. The molecule has 1 fully saturated rings. The first-order valence-corrected chi connectivity index (χ1v) is 7.94. The van der Waals surface area contributed by atoms with Gasteiger partial charge in [0.05, 0.1) is 0 Å². The van der Waals surface area contributed by atoms with Crippen molar-refractivity contribution in [3.63, 3.8) is 0 Å². The molecule has 1 aliphatic heterocycles. The van der Waals surface area contributed by atoms with E-state index in [-0.39, 0.29) is 0 Å². The summed E-state index contributed by atoms with van der Waals surface area (Å²) < 4.78 is 0. The van der Waals surface area contributed by atoms with Crippen LogP contribution in [0.3, 0.4) is 0 Å². The van der Waals surface area contributed by atoms with E-state index in [2.05, 4.69) is 52.7 Å². The number of hydrogen-bond donors (Lipinski definition) is 1. The Hall–Kier alpha value is -1.35. The summed E-state index contributed by atoms with van der Waals surface area (Å²) >= 11 is 6.04. The zero-order valence-corrected chi connectivity index (χ0v) is 12.9. The van der Waals surface area contributed by atoms with Crippen LogP contribution in [0.25, 0.3) is 0 Å². The minimum atomic E-state index is 0.404. The first kappa shape index (κ1) is 14.6. The van der Waals surface area contributed by atoms with Crippen LogP contribution in [0.4, 0.5) is 0 Å². The van der Waals surface area contributed by atoms with Gasteiger partial charge in [0.1, 0.15) is 0 Å². The number of rotatable bonds is 4. The van der Waals surface area contributed by atoms with E-state index in [0.717, 1.165) is 37.7 Å². The summed E-state index contributed by atoms with van der Waals surface area (Å²) in [6.07, 6.45) is 0. The molecule has 0 aliphatic carbocycles. The number of nitrogens with zero attached hydrogens (tertiary/aromatic N) is 1. The van der Waals surface area contributed by atoms with Gasteiger partial charge in [0.25, 0.3) is 0 Å². The zero-order valence-electron chi connectivity index (χ0n) is 12.1. The second-order valence-corrected chi connectivity index (χ2v) is 6.00. The van der Waals surface area contributed by atoms with Crippen molar-refractivity contribution in [3.05, 3.63) is 70.7 Å². The lowest BCUT2D eigenvalue weighted by Gasteiger charge is -2.31. The Balaban J connectivity index is 1.85. The molecule has 1 N–H and O–H groups in total. The summed E-state index contributed by atoms with van der Waals surface area (Å²) in [7, 11) is 0. The highest BCUT2D eigenvalue weighted by molar-refractivity contribution is 6.30. The maximum atomic E-state index is 6.04. The van der Waals surface area contributed by atoms with Gasteiger partial charge in [-0.05, 0) is 23.3 Å².